The van der Waals surface area contributed by atoms with Crippen LogP contribution in [0.25, 0.3) is 0 Å². The molecule has 0 unspecified atom stereocenters. The molecule has 0 aliphatic heterocycles. The second kappa shape index (κ2) is 7.78. The quantitative estimate of drug-likeness (QED) is 0.682. The largest absolute Gasteiger partial charge is 0.401 e. The van der Waals surface area contributed by atoms with Gasteiger partial charge >= 0.3 is 6.18 Å². The average Bonchev–Trinajstić information content (AvgIpc) is 2.34. The number of carbonyl (C=O) groups excluding carboxylic acids is 1. The Morgan fingerprint density at radius 3 is 2.45 bits per heavy atom. The molecule has 0 atom stereocenters. The number of nitrogens with zero attached hydrogens (tertiary/aromatic N) is 1. The average molecular weight is 352 g/mol. The third-order valence-electron chi connectivity index (χ3n) is 2.77. The van der Waals surface area contributed by atoms with Crippen LogP contribution in [-0.2, 0) is 0 Å². The Hall–Kier alpha value is -0.880. The van der Waals surface area contributed by atoms with Crippen molar-refractivity contribution < 1.29 is 18.0 Å². The van der Waals surface area contributed by atoms with Crippen LogP contribution in [0.1, 0.15) is 30.1 Å². The van der Waals surface area contributed by atoms with E-state index in [-0.39, 0.29) is 18.7 Å². The number of hydrogen-bond acceptors (Lipinski definition) is 2. The first-order valence-corrected chi connectivity index (χ1v) is 7.19. The molecule has 2 nitrogen and oxygen atoms in total. The number of ketones is 1. The summed E-state index contributed by atoms with van der Waals surface area (Å²) in [5.41, 5.74) is 0.510. The molecule has 0 aliphatic carbocycles. The zero-order valence-corrected chi connectivity index (χ0v) is 12.8. The standard InChI is InChI=1S/C14H17BrF3NO/c1-2-8-19(10-14(16,17)18)9-7-13(20)11-5-3-4-6-12(11)15/h3-6H,2,7-10H2,1H3. The van der Waals surface area contributed by atoms with Gasteiger partial charge in [0.2, 0.25) is 0 Å². The SMILES string of the molecule is CCCN(CCC(=O)c1ccccc1Br)CC(F)(F)F. The number of benzene rings is 1. The lowest BCUT2D eigenvalue weighted by atomic mass is 10.1. The van der Waals surface area contributed by atoms with Crippen molar-refractivity contribution in [2.45, 2.75) is 25.9 Å². The molecule has 1 aromatic carbocycles. The molecule has 0 bridgehead atoms. The molecule has 1 aromatic rings. The van der Waals surface area contributed by atoms with Gasteiger partial charge in [0, 0.05) is 23.0 Å². The molecule has 0 saturated carbocycles. The highest BCUT2D eigenvalue weighted by atomic mass is 79.9. The van der Waals surface area contributed by atoms with E-state index in [1.165, 1.54) is 4.90 Å². The molecule has 0 aliphatic rings. The summed E-state index contributed by atoms with van der Waals surface area (Å²) < 4.78 is 37.9. The Balaban J connectivity index is 2.59. The highest BCUT2D eigenvalue weighted by Crippen LogP contribution is 2.19. The van der Waals surface area contributed by atoms with Crippen LogP contribution < -0.4 is 0 Å². The van der Waals surface area contributed by atoms with Gasteiger partial charge < -0.3 is 0 Å². The minimum Gasteiger partial charge on any atom is -0.295 e. The van der Waals surface area contributed by atoms with Crippen molar-refractivity contribution >= 4 is 21.7 Å². The van der Waals surface area contributed by atoms with Crippen LogP contribution in [0.5, 0.6) is 0 Å². The summed E-state index contributed by atoms with van der Waals surface area (Å²) in [6, 6.07) is 6.93. The second-order valence-corrected chi connectivity index (χ2v) is 5.40. The molecule has 0 radical (unpaired) electrons. The molecule has 0 fully saturated rings. The Morgan fingerprint density at radius 1 is 1.25 bits per heavy atom. The van der Waals surface area contributed by atoms with Crippen LogP contribution >= 0.6 is 15.9 Å². The van der Waals surface area contributed by atoms with Gasteiger partial charge in [0.1, 0.15) is 0 Å². The monoisotopic (exact) mass is 351 g/mol. The highest BCUT2D eigenvalue weighted by Gasteiger charge is 2.30. The smallest absolute Gasteiger partial charge is 0.295 e. The van der Waals surface area contributed by atoms with Gasteiger partial charge in [-0.25, -0.2) is 0 Å². The Kier molecular flexibility index (Phi) is 6.68. The minimum atomic E-state index is -4.23. The predicted molar refractivity (Wildman–Crippen MR) is 75.9 cm³/mol. The van der Waals surface area contributed by atoms with Gasteiger partial charge in [-0.15, -0.1) is 0 Å². The Labute approximate surface area is 125 Å². The fourth-order valence-corrected chi connectivity index (χ4v) is 2.43. The van der Waals surface area contributed by atoms with Crippen LogP contribution in [0.2, 0.25) is 0 Å². The van der Waals surface area contributed by atoms with Crippen molar-refractivity contribution in [1.29, 1.82) is 0 Å². The molecular weight excluding hydrogens is 335 g/mol. The number of carbonyl (C=O) groups is 1. The summed E-state index contributed by atoms with van der Waals surface area (Å²) in [6.45, 7) is 1.30. The van der Waals surface area contributed by atoms with E-state index in [0.29, 0.717) is 23.0 Å². The van der Waals surface area contributed by atoms with Gasteiger partial charge in [0.15, 0.2) is 5.78 Å². The molecule has 0 N–H and O–H groups in total. The van der Waals surface area contributed by atoms with Crippen LogP contribution in [0.3, 0.4) is 0 Å². The fraction of sp³-hybridized carbons (Fsp3) is 0.500. The predicted octanol–water partition coefficient (Wildman–Crippen LogP) is 4.30. The lowest BCUT2D eigenvalue weighted by Gasteiger charge is -2.22. The number of alkyl halides is 3. The molecule has 0 aromatic heterocycles. The maximum atomic E-state index is 12.4. The van der Waals surface area contributed by atoms with Crippen LogP contribution in [-0.4, -0.2) is 36.5 Å². The van der Waals surface area contributed by atoms with Gasteiger partial charge in [-0.05, 0) is 19.0 Å². The molecule has 112 valence electrons. The third kappa shape index (κ3) is 6.05. The minimum absolute atomic E-state index is 0.0820. The van der Waals surface area contributed by atoms with Crippen molar-refractivity contribution in [1.82, 2.24) is 4.90 Å². The Morgan fingerprint density at radius 2 is 1.90 bits per heavy atom. The molecule has 0 spiro atoms. The number of halogens is 4. The van der Waals surface area contributed by atoms with E-state index < -0.39 is 12.7 Å². The maximum absolute atomic E-state index is 12.4. The topological polar surface area (TPSA) is 20.3 Å². The molecule has 6 heteroatoms. The Bertz CT molecular complexity index is 448. The van der Waals surface area contributed by atoms with Crippen LogP contribution in [0, 0.1) is 0 Å². The first-order valence-electron chi connectivity index (χ1n) is 6.40. The summed E-state index contributed by atoms with van der Waals surface area (Å²) in [4.78, 5) is 13.3. The molecule has 20 heavy (non-hydrogen) atoms. The van der Waals surface area contributed by atoms with E-state index in [4.69, 9.17) is 0 Å². The number of rotatable bonds is 7. The van der Waals surface area contributed by atoms with E-state index in [1.54, 1.807) is 24.3 Å². The highest BCUT2D eigenvalue weighted by molar-refractivity contribution is 9.10. The first kappa shape index (κ1) is 17.2. The van der Waals surface area contributed by atoms with Crippen molar-refractivity contribution in [3.63, 3.8) is 0 Å². The van der Waals surface area contributed by atoms with Gasteiger partial charge in [0.25, 0.3) is 0 Å². The lowest BCUT2D eigenvalue weighted by Crippen LogP contribution is -2.36. The summed E-state index contributed by atoms with van der Waals surface area (Å²) in [7, 11) is 0. The summed E-state index contributed by atoms with van der Waals surface area (Å²) in [5, 5.41) is 0. The van der Waals surface area contributed by atoms with Crippen LogP contribution in [0.15, 0.2) is 28.7 Å². The lowest BCUT2D eigenvalue weighted by molar-refractivity contribution is -0.145. The van der Waals surface area contributed by atoms with E-state index in [9.17, 15) is 18.0 Å². The van der Waals surface area contributed by atoms with E-state index in [1.807, 2.05) is 6.92 Å². The van der Waals surface area contributed by atoms with Crippen molar-refractivity contribution in [3.8, 4) is 0 Å². The van der Waals surface area contributed by atoms with E-state index in [0.717, 1.165) is 0 Å². The first-order chi connectivity index (χ1) is 9.33. The summed E-state index contributed by atoms with van der Waals surface area (Å²) in [5.74, 6) is -0.152. The number of Topliss-reactive ketones (excluding diaryl/α,β-unsaturated/α-hetero) is 1. The van der Waals surface area contributed by atoms with Gasteiger partial charge in [-0.2, -0.15) is 13.2 Å². The van der Waals surface area contributed by atoms with E-state index in [2.05, 4.69) is 15.9 Å². The second-order valence-electron chi connectivity index (χ2n) is 4.54. The van der Waals surface area contributed by atoms with Gasteiger partial charge in [-0.1, -0.05) is 41.1 Å². The molecule has 0 amide bonds. The molecule has 0 saturated heterocycles. The maximum Gasteiger partial charge on any atom is 0.401 e. The van der Waals surface area contributed by atoms with Gasteiger partial charge in [-0.3, -0.25) is 9.69 Å². The van der Waals surface area contributed by atoms with E-state index >= 15 is 0 Å². The summed E-state index contributed by atoms with van der Waals surface area (Å²) in [6.07, 6.45) is -3.52. The molecular formula is C14H17BrF3NO. The number of hydrogen-bond donors (Lipinski definition) is 0. The van der Waals surface area contributed by atoms with Gasteiger partial charge in [0.05, 0.1) is 6.54 Å². The zero-order chi connectivity index (χ0) is 15.2. The molecule has 1 rings (SSSR count). The zero-order valence-electron chi connectivity index (χ0n) is 11.2. The third-order valence-corrected chi connectivity index (χ3v) is 3.46. The van der Waals surface area contributed by atoms with Crippen molar-refractivity contribution in [2.24, 2.45) is 0 Å². The summed E-state index contributed by atoms with van der Waals surface area (Å²) >= 11 is 3.27. The van der Waals surface area contributed by atoms with Crippen molar-refractivity contribution in [3.05, 3.63) is 34.3 Å². The van der Waals surface area contributed by atoms with Crippen molar-refractivity contribution in [2.75, 3.05) is 19.6 Å². The normalized spacial score (nSPS) is 11.9. The fourth-order valence-electron chi connectivity index (χ4n) is 1.92. The molecule has 0 heterocycles. The van der Waals surface area contributed by atoms with Crippen LogP contribution in [0.4, 0.5) is 13.2 Å².